The first kappa shape index (κ1) is 18.4. The maximum absolute atomic E-state index is 13.1. The standard InChI is InChI=1S/C20H24FN3O2S/c1-13(2)24(17-11-23-9-7-14(17)8-10-23)20(25)26-18-12-27-19(22-18)15-3-5-16(21)6-4-15/h3-6,12-14,17H,7-11H2,1-2H3/t17-/m1/s1. The number of carbonyl (C=O) groups is 1. The van der Waals surface area contributed by atoms with E-state index < -0.39 is 0 Å². The summed E-state index contributed by atoms with van der Waals surface area (Å²) in [5, 5.41) is 2.43. The van der Waals surface area contributed by atoms with Gasteiger partial charge in [0, 0.05) is 18.2 Å². The van der Waals surface area contributed by atoms with Crippen molar-refractivity contribution in [3.8, 4) is 16.5 Å². The molecule has 2 bridgehead atoms. The zero-order chi connectivity index (χ0) is 19.0. The van der Waals surface area contributed by atoms with Crippen molar-refractivity contribution >= 4 is 17.4 Å². The molecule has 3 saturated heterocycles. The normalized spacial score (nSPS) is 24.2. The number of rotatable bonds is 4. The third-order valence-electron chi connectivity index (χ3n) is 5.51. The second-order valence-electron chi connectivity index (χ2n) is 7.57. The molecule has 4 heterocycles. The Labute approximate surface area is 162 Å². The number of thiazole rings is 1. The molecule has 0 saturated carbocycles. The van der Waals surface area contributed by atoms with Gasteiger partial charge in [0.25, 0.3) is 0 Å². The summed E-state index contributed by atoms with van der Waals surface area (Å²) in [5.41, 5.74) is 0.807. The summed E-state index contributed by atoms with van der Waals surface area (Å²) in [6.45, 7) is 7.26. The summed E-state index contributed by atoms with van der Waals surface area (Å²) in [7, 11) is 0. The number of hydrogen-bond donors (Lipinski definition) is 0. The molecule has 1 amide bonds. The van der Waals surface area contributed by atoms with Gasteiger partial charge in [0.2, 0.25) is 5.88 Å². The summed E-state index contributed by atoms with van der Waals surface area (Å²) < 4.78 is 18.7. The van der Waals surface area contributed by atoms with Gasteiger partial charge in [-0.05, 0) is 70.0 Å². The van der Waals surface area contributed by atoms with Crippen LogP contribution >= 0.6 is 11.3 Å². The number of nitrogens with zero attached hydrogens (tertiary/aromatic N) is 3. The highest BCUT2D eigenvalue weighted by Gasteiger charge is 2.41. The van der Waals surface area contributed by atoms with Crippen LogP contribution in [0.5, 0.6) is 5.88 Å². The maximum Gasteiger partial charge on any atom is 0.417 e. The van der Waals surface area contributed by atoms with Crippen molar-refractivity contribution in [1.82, 2.24) is 14.8 Å². The van der Waals surface area contributed by atoms with Crippen molar-refractivity contribution in [2.45, 2.75) is 38.8 Å². The smallest absolute Gasteiger partial charge is 0.390 e. The number of aromatic nitrogens is 1. The van der Waals surface area contributed by atoms with Gasteiger partial charge < -0.3 is 14.5 Å². The lowest BCUT2D eigenvalue weighted by atomic mass is 9.83. The topological polar surface area (TPSA) is 45.7 Å². The molecule has 1 aromatic heterocycles. The summed E-state index contributed by atoms with van der Waals surface area (Å²) in [4.78, 5) is 21.6. The minimum absolute atomic E-state index is 0.0678. The largest absolute Gasteiger partial charge is 0.417 e. The number of fused-ring (bicyclic) bond motifs is 3. The summed E-state index contributed by atoms with van der Waals surface area (Å²) in [6, 6.07) is 6.42. The van der Waals surface area contributed by atoms with Gasteiger partial charge in [-0.1, -0.05) is 0 Å². The predicted octanol–water partition coefficient (Wildman–Crippen LogP) is 4.25. The molecule has 0 spiro atoms. The number of piperidine rings is 3. The van der Waals surface area contributed by atoms with E-state index in [4.69, 9.17) is 4.74 Å². The van der Waals surface area contributed by atoms with E-state index in [1.54, 1.807) is 17.5 Å². The molecule has 3 aliphatic heterocycles. The third-order valence-corrected chi connectivity index (χ3v) is 6.38. The molecule has 0 radical (unpaired) electrons. The molecule has 5 nitrogen and oxygen atoms in total. The Morgan fingerprint density at radius 1 is 1.30 bits per heavy atom. The zero-order valence-electron chi connectivity index (χ0n) is 15.6. The minimum Gasteiger partial charge on any atom is -0.390 e. The summed E-state index contributed by atoms with van der Waals surface area (Å²) in [5.74, 6) is 0.568. The van der Waals surface area contributed by atoms with Crippen molar-refractivity contribution in [2.24, 2.45) is 5.92 Å². The van der Waals surface area contributed by atoms with Crippen LogP contribution in [0.3, 0.4) is 0 Å². The fourth-order valence-corrected chi connectivity index (χ4v) is 4.88. The van der Waals surface area contributed by atoms with Crippen molar-refractivity contribution in [1.29, 1.82) is 0 Å². The highest BCUT2D eigenvalue weighted by molar-refractivity contribution is 7.13. The molecule has 1 aromatic carbocycles. The molecular weight excluding hydrogens is 365 g/mol. The molecule has 3 aliphatic rings. The van der Waals surface area contributed by atoms with Crippen LogP contribution in [0, 0.1) is 11.7 Å². The Morgan fingerprint density at radius 2 is 2.00 bits per heavy atom. The number of halogens is 1. The van der Waals surface area contributed by atoms with Crippen LogP contribution in [-0.4, -0.2) is 52.6 Å². The van der Waals surface area contributed by atoms with Gasteiger partial charge >= 0.3 is 6.09 Å². The zero-order valence-corrected chi connectivity index (χ0v) is 16.4. The number of hydrogen-bond acceptors (Lipinski definition) is 5. The molecule has 0 N–H and O–H groups in total. The number of carbonyl (C=O) groups excluding carboxylic acids is 1. The van der Waals surface area contributed by atoms with Gasteiger partial charge in [0.1, 0.15) is 10.8 Å². The van der Waals surface area contributed by atoms with Crippen LogP contribution < -0.4 is 4.74 Å². The monoisotopic (exact) mass is 389 g/mol. The van der Waals surface area contributed by atoms with Crippen LogP contribution in [0.1, 0.15) is 26.7 Å². The number of amides is 1. The van der Waals surface area contributed by atoms with E-state index in [9.17, 15) is 9.18 Å². The first-order valence-corrected chi connectivity index (χ1v) is 10.3. The van der Waals surface area contributed by atoms with Gasteiger partial charge in [-0.15, -0.1) is 11.3 Å². The van der Waals surface area contributed by atoms with Crippen LogP contribution in [0.4, 0.5) is 9.18 Å². The lowest BCUT2D eigenvalue weighted by molar-refractivity contribution is 0.00107. The van der Waals surface area contributed by atoms with Crippen molar-refractivity contribution in [2.75, 3.05) is 19.6 Å². The lowest BCUT2D eigenvalue weighted by Gasteiger charge is -2.49. The highest BCUT2D eigenvalue weighted by Crippen LogP contribution is 2.33. The number of ether oxygens (including phenoxy) is 1. The average molecular weight is 389 g/mol. The van der Waals surface area contributed by atoms with Gasteiger partial charge in [-0.2, -0.15) is 0 Å². The fraction of sp³-hybridized carbons (Fsp3) is 0.500. The Kier molecular flexibility index (Phi) is 5.14. The van der Waals surface area contributed by atoms with Crippen LogP contribution in [-0.2, 0) is 0 Å². The van der Waals surface area contributed by atoms with E-state index in [-0.39, 0.29) is 24.0 Å². The second-order valence-corrected chi connectivity index (χ2v) is 8.43. The van der Waals surface area contributed by atoms with Crippen LogP contribution in [0.25, 0.3) is 10.6 Å². The quantitative estimate of drug-likeness (QED) is 0.784. The lowest BCUT2D eigenvalue weighted by Crippen LogP contribution is -2.60. The van der Waals surface area contributed by atoms with Gasteiger partial charge in [0.15, 0.2) is 0 Å². The van der Waals surface area contributed by atoms with E-state index in [1.165, 1.54) is 23.5 Å². The van der Waals surface area contributed by atoms with E-state index in [0.29, 0.717) is 16.8 Å². The Morgan fingerprint density at radius 3 is 2.59 bits per heavy atom. The molecule has 144 valence electrons. The second kappa shape index (κ2) is 7.56. The van der Waals surface area contributed by atoms with E-state index in [0.717, 1.165) is 38.0 Å². The van der Waals surface area contributed by atoms with E-state index >= 15 is 0 Å². The molecule has 3 fully saturated rings. The average Bonchev–Trinajstić information content (AvgIpc) is 3.11. The molecule has 0 aliphatic carbocycles. The minimum atomic E-state index is -0.334. The Bertz CT molecular complexity index is 800. The van der Waals surface area contributed by atoms with Gasteiger partial charge in [0.05, 0.1) is 11.4 Å². The fourth-order valence-electron chi connectivity index (χ4n) is 4.15. The van der Waals surface area contributed by atoms with Crippen molar-refractivity contribution in [3.63, 3.8) is 0 Å². The summed E-state index contributed by atoms with van der Waals surface area (Å²) in [6.07, 6.45) is 1.96. The van der Waals surface area contributed by atoms with Gasteiger partial charge in [-0.25, -0.2) is 14.2 Å². The molecule has 7 heteroatoms. The van der Waals surface area contributed by atoms with Crippen molar-refractivity contribution < 1.29 is 13.9 Å². The van der Waals surface area contributed by atoms with Gasteiger partial charge in [-0.3, -0.25) is 0 Å². The number of benzene rings is 1. The first-order valence-electron chi connectivity index (χ1n) is 9.45. The predicted molar refractivity (Wildman–Crippen MR) is 103 cm³/mol. The highest BCUT2D eigenvalue weighted by atomic mass is 32.1. The molecular formula is C20H24FN3O2S. The van der Waals surface area contributed by atoms with E-state index in [2.05, 4.69) is 9.88 Å². The van der Waals surface area contributed by atoms with Crippen molar-refractivity contribution in [3.05, 3.63) is 35.5 Å². The molecule has 2 aromatic rings. The molecule has 27 heavy (non-hydrogen) atoms. The SMILES string of the molecule is CC(C)N(C(=O)Oc1csc(-c2ccc(F)cc2)n1)[C@@H]1CN2CCC1CC2. The van der Waals surface area contributed by atoms with Crippen LogP contribution in [0.15, 0.2) is 29.6 Å². The third kappa shape index (κ3) is 3.84. The Balaban J connectivity index is 1.48. The van der Waals surface area contributed by atoms with E-state index in [1.807, 2.05) is 18.7 Å². The molecule has 0 unspecified atom stereocenters. The maximum atomic E-state index is 13.1. The first-order chi connectivity index (χ1) is 13.0. The van der Waals surface area contributed by atoms with Crippen LogP contribution in [0.2, 0.25) is 0 Å². The molecule has 5 rings (SSSR count). The summed E-state index contributed by atoms with van der Waals surface area (Å²) >= 11 is 1.38. The Hall–Kier alpha value is -1.99. The molecule has 1 atom stereocenters.